The van der Waals surface area contributed by atoms with Crippen LogP contribution in [0.3, 0.4) is 0 Å². The second kappa shape index (κ2) is 9.23. The Hall–Kier alpha value is -2.98. The summed E-state index contributed by atoms with van der Waals surface area (Å²) in [5, 5.41) is 12.4. The molecule has 3 atom stereocenters. The van der Waals surface area contributed by atoms with Crippen molar-refractivity contribution in [3.63, 3.8) is 0 Å². The van der Waals surface area contributed by atoms with Crippen LogP contribution in [-0.2, 0) is 15.4 Å². The van der Waals surface area contributed by atoms with Crippen molar-refractivity contribution in [3.8, 4) is 0 Å². The number of aromatic nitrogens is 3. The summed E-state index contributed by atoms with van der Waals surface area (Å²) in [6.45, 7) is 4.22. The van der Waals surface area contributed by atoms with E-state index in [4.69, 9.17) is 4.74 Å². The molecule has 4 heterocycles. The first-order chi connectivity index (χ1) is 16.8. The van der Waals surface area contributed by atoms with Gasteiger partial charge in [-0.15, -0.1) is 5.10 Å². The number of hydrogen-bond donors (Lipinski definition) is 1. The van der Waals surface area contributed by atoms with Crippen LogP contribution in [0.15, 0.2) is 30.5 Å². The van der Waals surface area contributed by atoms with Crippen molar-refractivity contribution in [3.05, 3.63) is 53.1 Å². The summed E-state index contributed by atoms with van der Waals surface area (Å²) in [6, 6.07) is 5.33. The van der Waals surface area contributed by atoms with Crippen LogP contribution in [0.25, 0.3) is 10.9 Å². The summed E-state index contributed by atoms with van der Waals surface area (Å²) >= 11 is 0. The Morgan fingerprint density at radius 2 is 1.97 bits per heavy atom. The number of aryl methyl sites for hydroxylation is 1. The standard InChI is InChI=1S/C25H28F3N5O2/c1-14(19-5-4-6-21(22(19)26)25(27,28)13-34-3)30-24-20-9-16(10-29-23(20)15(2)31-32-24)33-11-17-7-8-18(12-33)35-17/h4-6,9-10,14,17-18H,7-8,11-13H2,1-3H3,(H,30,32)/t14-,17?,18?/m1/s1. The van der Waals surface area contributed by atoms with E-state index in [1.807, 2.05) is 19.2 Å². The molecule has 0 aliphatic carbocycles. The van der Waals surface area contributed by atoms with Gasteiger partial charge in [0.1, 0.15) is 12.4 Å². The number of fused-ring (bicyclic) bond motifs is 3. The van der Waals surface area contributed by atoms with Crippen LogP contribution in [0.1, 0.15) is 42.6 Å². The van der Waals surface area contributed by atoms with E-state index in [-0.39, 0.29) is 17.8 Å². The lowest BCUT2D eigenvalue weighted by molar-refractivity contribution is -0.0722. The Balaban J connectivity index is 1.47. The highest BCUT2D eigenvalue weighted by atomic mass is 19.3. The third kappa shape index (κ3) is 4.52. The lowest BCUT2D eigenvalue weighted by atomic mass is 10.00. The first-order valence-electron chi connectivity index (χ1n) is 11.7. The van der Waals surface area contributed by atoms with Gasteiger partial charge in [0.25, 0.3) is 5.92 Å². The fourth-order valence-corrected chi connectivity index (χ4v) is 4.96. The molecule has 3 aromatic rings. The normalized spacial score (nSPS) is 20.9. The Morgan fingerprint density at radius 3 is 2.69 bits per heavy atom. The van der Waals surface area contributed by atoms with E-state index in [1.54, 1.807) is 6.92 Å². The minimum Gasteiger partial charge on any atom is -0.378 e. The molecule has 7 nitrogen and oxygen atoms in total. The van der Waals surface area contributed by atoms with Crippen LogP contribution < -0.4 is 10.2 Å². The van der Waals surface area contributed by atoms with E-state index in [0.29, 0.717) is 17.0 Å². The summed E-state index contributed by atoms with van der Waals surface area (Å²) in [5.74, 6) is -4.00. The number of rotatable bonds is 7. The molecule has 2 saturated heterocycles. The summed E-state index contributed by atoms with van der Waals surface area (Å²) < 4.78 is 54.5. The molecule has 2 aliphatic heterocycles. The van der Waals surface area contributed by atoms with Gasteiger partial charge in [-0.2, -0.15) is 13.9 Å². The number of benzene rings is 1. The Morgan fingerprint density at radius 1 is 1.23 bits per heavy atom. The minimum atomic E-state index is -3.44. The zero-order valence-corrected chi connectivity index (χ0v) is 19.9. The molecule has 35 heavy (non-hydrogen) atoms. The number of anilines is 2. The lowest BCUT2D eigenvalue weighted by Crippen LogP contribution is -2.42. The predicted molar refractivity (Wildman–Crippen MR) is 126 cm³/mol. The maximum absolute atomic E-state index is 15.2. The smallest absolute Gasteiger partial charge is 0.298 e. The number of morpholine rings is 1. The number of alkyl halides is 2. The maximum Gasteiger partial charge on any atom is 0.298 e. The monoisotopic (exact) mass is 487 g/mol. The average molecular weight is 488 g/mol. The minimum absolute atomic E-state index is 0.0997. The second-order valence-electron chi connectivity index (χ2n) is 9.30. The fraction of sp³-hybridized carbons (Fsp3) is 0.480. The number of methoxy groups -OCH3 is 1. The second-order valence-corrected chi connectivity index (χ2v) is 9.30. The topological polar surface area (TPSA) is 72.4 Å². The van der Waals surface area contributed by atoms with Crippen molar-refractivity contribution in [2.24, 2.45) is 0 Å². The molecule has 2 fully saturated rings. The number of halogens is 3. The van der Waals surface area contributed by atoms with Crippen molar-refractivity contribution in [1.29, 1.82) is 0 Å². The molecular formula is C25H28F3N5O2. The summed E-state index contributed by atoms with van der Waals surface area (Å²) in [7, 11) is 1.16. The number of pyridine rings is 1. The van der Waals surface area contributed by atoms with E-state index in [1.165, 1.54) is 12.1 Å². The van der Waals surface area contributed by atoms with Gasteiger partial charge in [-0.3, -0.25) is 4.98 Å². The fourth-order valence-electron chi connectivity index (χ4n) is 4.96. The molecule has 0 spiro atoms. The molecule has 186 valence electrons. The van der Waals surface area contributed by atoms with E-state index in [9.17, 15) is 8.78 Å². The first-order valence-corrected chi connectivity index (χ1v) is 11.7. The number of ether oxygens (including phenoxy) is 2. The van der Waals surface area contributed by atoms with Gasteiger partial charge in [0.15, 0.2) is 5.82 Å². The number of nitrogens with zero attached hydrogens (tertiary/aromatic N) is 4. The molecule has 10 heteroatoms. The highest BCUT2D eigenvalue weighted by Gasteiger charge is 2.36. The first kappa shape index (κ1) is 23.7. The lowest BCUT2D eigenvalue weighted by Gasteiger charge is -2.33. The van der Waals surface area contributed by atoms with Gasteiger partial charge in [0.05, 0.1) is 46.9 Å². The van der Waals surface area contributed by atoms with Crippen molar-refractivity contribution in [2.45, 2.75) is 50.9 Å². The van der Waals surface area contributed by atoms with Crippen molar-refractivity contribution < 1.29 is 22.6 Å². The van der Waals surface area contributed by atoms with E-state index < -0.39 is 30.0 Å². The van der Waals surface area contributed by atoms with Gasteiger partial charge in [0, 0.05) is 31.1 Å². The van der Waals surface area contributed by atoms with E-state index >= 15 is 4.39 Å². The molecule has 5 rings (SSSR count). The van der Waals surface area contributed by atoms with Crippen molar-refractivity contribution in [2.75, 3.05) is 37.0 Å². The van der Waals surface area contributed by atoms with Crippen molar-refractivity contribution >= 4 is 22.4 Å². The molecule has 0 radical (unpaired) electrons. The summed E-state index contributed by atoms with van der Waals surface area (Å²) in [4.78, 5) is 6.91. The molecular weight excluding hydrogens is 459 g/mol. The Labute approximate surface area is 201 Å². The summed E-state index contributed by atoms with van der Waals surface area (Å²) in [5.41, 5.74) is 1.70. The molecule has 2 bridgehead atoms. The molecule has 2 aliphatic rings. The third-order valence-corrected chi connectivity index (χ3v) is 6.75. The summed E-state index contributed by atoms with van der Waals surface area (Å²) in [6.07, 6.45) is 4.41. The molecule has 2 unspecified atom stereocenters. The highest BCUT2D eigenvalue weighted by molar-refractivity contribution is 5.92. The van der Waals surface area contributed by atoms with Gasteiger partial charge >= 0.3 is 0 Å². The van der Waals surface area contributed by atoms with Crippen LogP contribution >= 0.6 is 0 Å². The molecule has 0 saturated carbocycles. The van der Waals surface area contributed by atoms with Crippen LogP contribution in [0.4, 0.5) is 24.7 Å². The molecule has 1 aromatic carbocycles. The van der Waals surface area contributed by atoms with Crippen LogP contribution in [0, 0.1) is 12.7 Å². The molecule has 0 amide bonds. The third-order valence-electron chi connectivity index (χ3n) is 6.75. The number of nitrogens with one attached hydrogen (secondary N) is 1. The van der Waals surface area contributed by atoms with Crippen LogP contribution in [-0.4, -0.2) is 54.2 Å². The Bertz CT molecular complexity index is 1230. The van der Waals surface area contributed by atoms with Gasteiger partial charge in [-0.05, 0) is 38.8 Å². The SMILES string of the molecule is COCC(F)(F)c1cccc([C@@H](C)Nc2nnc(C)c3ncc(N4CC5CCC(C4)O5)cc23)c1F. The Kier molecular flexibility index (Phi) is 6.27. The number of hydrogen-bond acceptors (Lipinski definition) is 7. The molecule has 1 N–H and O–H groups in total. The van der Waals surface area contributed by atoms with Gasteiger partial charge < -0.3 is 19.7 Å². The van der Waals surface area contributed by atoms with Gasteiger partial charge in [0.2, 0.25) is 0 Å². The van der Waals surface area contributed by atoms with E-state index in [0.717, 1.165) is 50.2 Å². The largest absolute Gasteiger partial charge is 0.378 e. The van der Waals surface area contributed by atoms with E-state index in [2.05, 4.69) is 30.1 Å². The zero-order chi connectivity index (χ0) is 24.7. The van der Waals surface area contributed by atoms with Gasteiger partial charge in [-0.1, -0.05) is 12.1 Å². The zero-order valence-electron chi connectivity index (χ0n) is 19.9. The highest BCUT2D eigenvalue weighted by Crippen LogP contribution is 2.35. The average Bonchev–Trinajstić information content (AvgIpc) is 3.17. The van der Waals surface area contributed by atoms with Crippen LogP contribution in [0.5, 0.6) is 0 Å². The predicted octanol–water partition coefficient (Wildman–Crippen LogP) is 4.75. The van der Waals surface area contributed by atoms with Crippen LogP contribution in [0.2, 0.25) is 0 Å². The molecule has 2 aromatic heterocycles. The quantitative estimate of drug-likeness (QED) is 0.516. The van der Waals surface area contributed by atoms with Crippen molar-refractivity contribution in [1.82, 2.24) is 15.2 Å². The van der Waals surface area contributed by atoms with Gasteiger partial charge in [-0.25, -0.2) is 4.39 Å². The maximum atomic E-state index is 15.2.